The smallest absolute Gasteiger partial charge is 0.305 e. The Morgan fingerprint density at radius 1 is 1.28 bits per heavy atom. The van der Waals surface area contributed by atoms with Crippen molar-refractivity contribution in [2.24, 2.45) is 10.8 Å². The first-order valence-corrected chi connectivity index (χ1v) is 6.68. The molecule has 1 aliphatic carbocycles. The number of aliphatic carboxylic acids is 1. The highest BCUT2D eigenvalue weighted by molar-refractivity contribution is 5.83. The van der Waals surface area contributed by atoms with Crippen LogP contribution in [-0.2, 0) is 9.59 Å². The molecule has 0 spiro atoms. The molecule has 4 nitrogen and oxygen atoms in total. The van der Waals surface area contributed by atoms with Crippen LogP contribution in [0.2, 0.25) is 0 Å². The van der Waals surface area contributed by atoms with Crippen LogP contribution >= 0.6 is 0 Å². The highest BCUT2D eigenvalue weighted by Crippen LogP contribution is 2.38. The van der Waals surface area contributed by atoms with Crippen LogP contribution in [0.1, 0.15) is 59.8 Å². The third-order valence-electron chi connectivity index (χ3n) is 3.98. The lowest BCUT2D eigenvalue weighted by Crippen LogP contribution is -2.49. The van der Waals surface area contributed by atoms with Crippen LogP contribution in [-0.4, -0.2) is 23.0 Å². The molecule has 0 saturated heterocycles. The zero-order chi connectivity index (χ0) is 14.0. The fraction of sp³-hybridized carbons (Fsp3) is 0.857. The van der Waals surface area contributed by atoms with Crippen molar-refractivity contribution in [2.45, 2.75) is 65.8 Å². The second-order valence-electron chi connectivity index (χ2n) is 6.76. The molecule has 0 radical (unpaired) electrons. The maximum Gasteiger partial charge on any atom is 0.305 e. The zero-order valence-corrected chi connectivity index (χ0v) is 11.9. The van der Waals surface area contributed by atoms with Gasteiger partial charge in [-0.1, -0.05) is 40.5 Å². The largest absolute Gasteiger partial charge is 0.481 e. The summed E-state index contributed by atoms with van der Waals surface area (Å²) in [6.07, 6.45) is 3.96. The van der Waals surface area contributed by atoms with Gasteiger partial charge in [-0.25, -0.2) is 0 Å². The zero-order valence-electron chi connectivity index (χ0n) is 11.9. The first-order chi connectivity index (χ1) is 8.15. The number of carbonyl (C=O) groups excluding carboxylic acids is 1. The predicted octanol–water partition coefficient (Wildman–Crippen LogP) is 2.57. The average Bonchev–Trinajstić information content (AvgIpc) is 2.63. The van der Waals surface area contributed by atoms with E-state index in [1.165, 1.54) is 0 Å². The number of carboxylic acid groups (broad SMARTS) is 1. The molecule has 0 aliphatic heterocycles. The number of hydrogen-bond donors (Lipinski definition) is 2. The van der Waals surface area contributed by atoms with E-state index in [4.69, 9.17) is 5.11 Å². The SMILES string of the molecule is CC1(C(=O)NC(CC(=O)O)C(C)(C)C)CCCC1. The highest BCUT2D eigenvalue weighted by Gasteiger charge is 2.39. The van der Waals surface area contributed by atoms with Crippen molar-refractivity contribution >= 4 is 11.9 Å². The Morgan fingerprint density at radius 2 is 1.78 bits per heavy atom. The van der Waals surface area contributed by atoms with Gasteiger partial charge in [0.2, 0.25) is 5.91 Å². The van der Waals surface area contributed by atoms with Crippen molar-refractivity contribution < 1.29 is 14.7 Å². The molecule has 0 aromatic rings. The average molecular weight is 255 g/mol. The van der Waals surface area contributed by atoms with Crippen molar-refractivity contribution in [3.63, 3.8) is 0 Å². The van der Waals surface area contributed by atoms with E-state index in [-0.39, 0.29) is 29.2 Å². The van der Waals surface area contributed by atoms with Crippen LogP contribution in [0.5, 0.6) is 0 Å². The fourth-order valence-corrected chi connectivity index (χ4v) is 2.46. The van der Waals surface area contributed by atoms with Crippen LogP contribution in [0.15, 0.2) is 0 Å². The Morgan fingerprint density at radius 3 is 2.17 bits per heavy atom. The highest BCUT2D eigenvalue weighted by atomic mass is 16.4. The van der Waals surface area contributed by atoms with Gasteiger partial charge in [0.25, 0.3) is 0 Å². The molecule has 1 amide bonds. The fourth-order valence-electron chi connectivity index (χ4n) is 2.46. The molecule has 4 heteroatoms. The summed E-state index contributed by atoms with van der Waals surface area (Å²) in [6, 6.07) is -0.320. The molecular weight excluding hydrogens is 230 g/mol. The molecule has 104 valence electrons. The molecular formula is C14H25NO3. The number of nitrogens with one attached hydrogen (secondary N) is 1. The summed E-state index contributed by atoms with van der Waals surface area (Å²) in [5, 5.41) is 11.9. The monoisotopic (exact) mass is 255 g/mol. The lowest BCUT2D eigenvalue weighted by molar-refractivity contribution is -0.139. The van der Waals surface area contributed by atoms with Gasteiger partial charge in [-0.3, -0.25) is 9.59 Å². The van der Waals surface area contributed by atoms with E-state index in [1.807, 2.05) is 27.7 Å². The van der Waals surface area contributed by atoms with Gasteiger partial charge in [0.1, 0.15) is 0 Å². The lowest BCUT2D eigenvalue weighted by Gasteiger charge is -2.33. The summed E-state index contributed by atoms with van der Waals surface area (Å²) in [7, 11) is 0. The molecule has 18 heavy (non-hydrogen) atoms. The van der Waals surface area contributed by atoms with Gasteiger partial charge in [-0.15, -0.1) is 0 Å². The van der Waals surface area contributed by atoms with E-state index in [9.17, 15) is 9.59 Å². The summed E-state index contributed by atoms with van der Waals surface area (Å²) in [5.74, 6) is -0.854. The third-order valence-corrected chi connectivity index (χ3v) is 3.98. The van der Waals surface area contributed by atoms with Crippen molar-refractivity contribution in [2.75, 3.05) is 0 Å². The van der Waals surface area contributed by atoms with Crippen molar-refractivity contribution in [3.8, 4) is 0 Å². The maximum atomic E-state index is 12.3. The molecule has 1 unspecified atom stereocenters. The van der Waals surface area contributed by atoms with Gasteiger partial charge in [0.05, 0.1) is 6.42 Å². The minimum absolute atomic E-state index is 0.0150. The first-order valence-electron chi connectivity index (χ1n) is 6.68. The maximum absolute atomic E-state index is 12.3. The van der Waals surface area contributed by atoms with Crippen LogP contribution < -0.4 is 5.32 Å². The number of hydrogen-bond acceptors (Lipinski definition) is 2. The molecule has 0 bridgehead atoms. The Kier molecular flexibility index (Phi) is 4.41. The van der Waals surface area contributed by atoms with E-state index in [2.05, 4.69) is 5.32 Å². The Hall–Kier alpha value is -1.06. The van der Waals surface area contributed by atoms with Crippen LogP contribution in [0, 0.1) is 10.8 Å². The second-order valence-corrected chi connectivity index (χ2v) is 6.76. The quantitative estimate of drug-likeness (QED) is 0.811. The van der Waals surface area contributed by atoms with Gasteiger partial charge in [0.15, 0.2) is 0 Å². The second kappa shape index (κ2) is 5.29. The van der Waals surface area contributed by atoms with Crippen molar-refractivity contribution in [3.05, 3.63) is 0 Å². The Balaban J connectivity index is 2.71. The van der Waals surface area contributed by atoms with Crippen LogP contribution in [0.4, 0.5) is 0 Å². The Bertz CT molecular complexity index is 324. The molecule has 1 rings (SSSR count). The molecule has 1 fully saturated rings. The van der Waals surface area contributed by atoms with E-state index in [1.54, 1.807) is 0 Å². The normalized spacial score (nSPS) is 20.4. The minimum atomic E-state index is -0.869. The summed E-state index contributed by atoms with van der Waals surface area (Å²) in [5.41, 5.74) is -0.551. The summed E-state index contributed by atoms with van der Waals surface area (Å²) < 4.78 is 0. The lowest BCUT2D eigenvalue weighted by atomic mass is 9.82. The molecule has 2 N–H and O–H groups in total. The third kappa shape index (κ3) is 3.72. The van der Waals surface area contributed by atoms with Gasteiger partial charge in [-0.2, -0.15) is 0 Å². The van der Waals surface area contributed by atoms with E-state index in [0.29, 0.717) is 0 Å². The van der Waals surface area contributed by atoms with Gasteiger partial charge >= 0.3 is 5.97 Å². The summed E-state index contributed by atoms with van der Waals surface area (Å²) in [6.45, 7) is 7.85. The van der Waals surface area contributed by atoms with Crippen molar-refractivity contribution in [1.82, 2.24) is 5.32 Å². The summed E-state index contributed by atoms with van der Waals surface area (Å²) in [4.78, 5) is 23.2. The summed E-state index contributed by atoms with van der Waals surface area (Å²) >= 11 is 0. The minimum Gasteiger partial charge on any atom is -0.481 e. The number of rotatable bonds is 4. The van der Waals surface area contributed by atoms with Crippen molar-refractivity contribution in [1.29, 1.82) is 0 Å². The van der Waals surface area contributed by atoms with Gasteiger partial charge in [-0.05, 0) is 18.3 Å². The van der Waals surface area contributed by atoms with E-state index >= 15 is 0 Å². The predicted molar refractivity (Wildman–Crippen MR) is 70.2 cm³/mol. The molecule has 1 aliphatic rings. The van der Waals surface area contributed by atoms with E-state index in [0.717, 1.165) is 25.7 Å². The van der Waals surface area contributed by atoms with Crippen LogP contribution in [0.25, 0.3) is 0 Å². The van der Waals surface area contributed by atoms with Gasteiger partial charge < -0.3 is 10.4 Å². The van der Waals surface area contributed by atoms with Crippen LogP contribution in [0.3, 0.4) is 0 Å². The topological polar surface area (TPSA) is 66.4 Å². The van der Waals surface area contributed by atoms with Gasteiger partial charge in [0, 0.05) is 11.5 Å². The first kappa shape index (κ1) is 15.0. The number of amides is 1. The standard InChI is InChI=1S/C14H25NO3/c1-13(2,3)10(9-11(16)17)15-12(18)14(4)7-5-6-8-14/h10H,5-9H2,1-4H3,(H,15,18)(H,16,17). The number of carbonyl (C=O) groups is 2. The van der Waals surface area contributed by atoms with E-state index < -0.39 is 5.97 Å². The molecule has 0 aromatic carbocycles. The number of carboxylic acids is 1. The molecule has 1 saturated carbocycles. The molecule has 1 atom stereocenters. The molecule has 0 aromatic heterocycles. The Labute approximate surface area is 109 Å². The molecule has 0 heterocycles.